The first kappa shape index (κ1) is 23.0. The smallest absolute Gasteiger partial charge is 0.274 e. The van der Waals surface area contributed by atoms with E-state index in [1.165, 1.54) is 6.20 Å². The van der Waals surface area contributed by atoms with Gasteiger partial charge in [0.05, 0.1) is 48.1 Å². The second-order valence-corrected chi connectivity index (χ2v) is 8.30. The van der Waals surface area contributed by atoms with Crippen molar-refractivity contribution < 1.29 is 14.3 Å². The summed E-state index contributed by atoms with van der Waals surface area (Å²) in [5.74, 6) is -0.474. The average molecular weight is 471 g/mol. The molecule has 0 spiro atoms. The van der Waals surface area contributed by atoms with E-state index in [9.17, 15) is 9.59 Å². The summed E-state index contributed by atoms with van der Waals surface area (Å²) in [4.78, 5) is 27.9. The lowest BCUT2D eigenvalue weighted by atomic mass is 10.1. The zero-order valence-corrected chi connectivity index (χ0v) is 19.7. The molecule has 2 amide bonds. The Bertz CT molecular complexity index is 1180. The Morgan fingerprint density at radius 1 is 1.18 bits per heavy atom. The van der Waals surface area contributed by atoms with Gasteiger partial charge in [0.15, 0.2) is 0 Å². The Morgan fingerprint density at radius 3 is 2.61 bits per heavy atom. The standard InChI is InChI=1S/C23H27ClN6O3/c1-4-29-21(23(32)28-8-10-33-11-9-28)19(13-25-29)26-22(31)18-7-5-6-17(12-18)14-30-16(3)20(24)15(2)27-30/h5-7,12-13H,4,8-11,14H2,1-3H3,(H,26,31). The van der Waals surface area contributed by atoms with E-state index in [2.05, 4.69) is 15.5 Å². The minimum atomic E-state index is -0.310. The maximum Gasteiger partial charge on any atom is 0.274 e. The molecule has 1 fully saturated rings. The van der Waals surface area contributed by atoms with Gasteiger partial charge in [-0.15, -0.1) is 0 Å². The van der Waals surface area contributed by atoms with Crippen molar-refractivity contribution in [2.45, 2.75) is 33.9 Å². The molecule has 0 saturated carbocycles. The lowest BCUT2D eigenvalue weighted by molar-refractivity contribution is 0.0295. The fourth-order valence-electron chi connectivity index (χ4n) is 3.87. The van der Waals surface area contributed by atoms with Crippen LogP contribution in [0.2, 0.25) is 5.02 Å². The van der Waals surface area contributed by atoms with E-state index in [-0.39, 0.29) is 11.8 Å². The number of hydrogen-bond donors (Lipinski definition) is 1. The first-order valence-electron chi connectivity index (χ1n) is 10.9. The van der Waals surface area contributed by atoms with Gasteiger partial charge >= 0.3 is 0 Å². The van der Waals surface area contributed by atoms with E-state index in [4.69, 9.17) is 16.3 Å². The van der Waals surface area contributed by atoms with Gasteiger partial charge in [-0.2, -0.15) is 10.2 Å². The van der Waals surface area contributed by atoms with Gasteiger partial charge < -0.3 is 15.0 Å². The van der Waals surface area contributed by atoms with E-state index in [0.717, 1.165) is 17.0 Å². The van der Waals surface area contributed by atoms with Crippen molar-refractivity contribution >= 4 is 29.1 Å². The molecule has 10 heteroatoms. The van der Waals surface area contributed by atoms with Crippen molar-refractivity contribution in [1.29, 1.82) is 0 Å². The largest absolute Gasteiger partial charge is 0.378 e. The lowest BCUT2D eigenvalue weighted by Gasteiger charge is -2.27. The summed E-state index contributed by atoms with van der Waals surface area (Å²) in [5.41, 5.74) is 3.82. The third-order valence-electron chi connectivity index (χ3n) is 5.70. The van der Waals surface area contributed by atoms with Crippen LogP contribution in [0.1, 0.15) is 44.7 Å². The molecule has 9 nitrogen and oxygen atoms in total. The molecule has 1 N–H and O–H groups in total. The fraction of sp³-hybridized carbons (Fsp3) is 0.391. The summed E-state index contributed by atoms with van der Waals surface area (Å²) in [6.45, 7) is 8.72. The third-order valence-corrected chi connectivity index (χ3v) is 6.25. The van der Waals surface area contributed by atoms with Gasteiger partial charge in [0.25, 0.3) is 11.8 Å². The topological polar surface area (TPSA) is 94.3 Å². The highest BCUT2D eigenvalue weighted by Gasteiger charge is 2.26. The highest BCUT2D eigenvalue weighted by molar-refractivity contribution is 6.31. The van der Waals surface area contributed by atoms with Crippen molar-refractivity contribution in [2.75, 3.05) is 31.6 Å². The molecule has 1 aromatic carbocycles. The summed E-state index contributed by atoms with van der Waals surface area (Å²) < 4.78 is 8.77. The fourth-order valence-corrected chi connectivity index (χ4v) is 4.00. The quantitative estimate of drug-likeness (QED) is 0.597. The normalized spacial score (nSPS) is 13.9. The van der Waals surface area contributed by atoms with Crippen molar-refractivity contribution in [1.82, 2.24) is 24.5 Å². The summed E-state index contributed by atoms with van der Waals surface area (Å²) in [7, 11) is 0. The molecule has 174 valence electrons. The summed E-state index contributed by atoms with van der Waals surface area (Å²) >= 11 is 6.25. The van der Waals surface area contributed by atoms with Crippen LogP contribution in [0.3, 0.4) is 0 Å². The van der Waals surface area contributed by atoms with E-state index >= 15 is 0 Å². The Labute approximate surface area is 197 Å². The van der Waals surface area contributed by atoms with Crippen LogP contribution in [0.15, 0.2) is 30.5 Å². The minimum Gasteiger partial charge on any atom is -0.378 e. The Hall–Kier alpha value is -3.17. The molecular weight excluding hydrogens is 444 g/mol. The van der Waals surface area contributed by atoms with Crippen LogP contribution >= 0.6 is 11.6 Å². The second-order valence-electron chi connectivity index (χ2n) is 7.92. The Kier molecular flexibility index (Phi) is 6.80. The molecular formula is C23H27ClN6O3. The molecule has 0 aliphatic carbocycles. The summed E-state index contributed by atoms with van der Waals surface area (Å²) in [6, 6.07) is 7.31. The highest BCUT2D eigenvalue weighted by atomic mass is 35.5. The number of halogens is 1. The number of carbonyl (C=O) groups is 2. The first-order chi connectivity index (χ1) is 15.9. The zero-order valence-electron chi connectivity index (χ0n) is 19.0. The maximum atomic E-state index is 13.1. The van der Waals surface area contributed by atoms with Gasteiger partial charge in [0.2, 0.25) is 0 Å². The van der Waals surface area contributed by atoms with Crippen molar-refractivity contribution in [3.8, 4) is 0 Å². The SMILES string of the molecule is CCn1ncc(NC(=O)c2cccc(Cn3nc(C)c(Cl)c3C)c2)c1C(=O)N1CCOCC1. The van der Waals surface area contributed by atoms with Crippen LogP contribution in [0.25, 0.3) is 0 Å². The number of rotatable bonds is 6. The monoisotopic (exact) mass is 470 g/mol. The molecule has 1 saturated heterocycles. The van der Waals surface area contributed by atoms with Crippen LogP contribution in [-0.2, 0) is 17.8 Å². The third kappa shape index (κ3) is 4.79. The van der Waals surface area contributed by atoms with E-state index in [1.54, 1.807) is 15.6 Å². The van der Waals surface area contributed by atoms with Crippen LogP contribution in [0.5, 0.6) is 0 Å². The molecule has 4 rings (SSSR count). The van der Waals surface area contributed by atoms with Crippen LogP contribution < -0.4 is 5.32 Å². The number of anilines is 1. The predicted octanol–water partition coefficient (Wildman–Crippen LogP) is 3.14. The van der Waals surface area contributed by atoms with Crippen LogP contribution in [0, 0.1) is 13.8 Å². The number of hydrogen-bond acceptors (Lipinski definition) is 5. The van der Waals surface area contributed by atoms with E-state index in [0.29, 0.717) is 61.4 Å². The summed E-state index contributed by atoms with van der Waals surface area (Å²) in [6.07, 6.45) is 1.52. The van der Waals surface area contributed by atoms with Gasteiger partial charge in [-0.1, -0.05) is 23.7 Å². The number of nitrogens with zero attached hydrogens (tertiary/aromatic N) is 5. The number of carbonyl (C=O) groups excluding carboxylic acids is 2. The molecule has 1 aliphatic rings. The first-order valence-corrected chi connectivity index (χ1v) is 11.3. The maximum absolute atomic E-state index is 13.1. The van der Waals surface area contributed by atoms with E-state index in [1.807, 2.05) is 43.7 Å². The van der Waals surface area contributed by atoms with Crippen LogP contribution in [-0.4, -0.2) is 62.6 Å². The number of aryl methyl sites for hydroxylation is 2. The molecule has 33 heavy (non-hydrogen) atoms. The number of ether oxygens (including phenoxy) is 1. The second kappa shape index (κ2) is 9.76. The molecule has 3 aromatic rings. The summed E-state index contributed by atoms with van der Waals surface area (Å²) in [5, 5.41) is 12.3. The predicted molar refractivity (Wildman–Crippen MR) is 125 cm³/mol. The zero-order chi connectivity index (χ0) is 23.5. The van der Waals surface area contributed by atoms with Crippen molar-refractivity contribution in [3.63, 3.8) is 0 Å². The number of nitrogens with one attached hydrogen (secondary N) is 1. The van der Waals surface area contributed by atoms with Crippen LogP contribution in [0.4, 0.5) is 5.69 Å². The van der Waals surface area contributed by atoms with Gasteiger partial charge in [0.1, 0.15) is 5.69 Å². The molecule has 0 radical (unpaired) electrons. The molecule has 0 atom stereocenters. The number of aromatic nitrogens is 4. The molecule has 1 aliphatic heterocycles. The van der Waals surface area contributed by atoms with Crippen molar-refractivity contribution in [2.24, 2.45) is 0 Å². The Balaban J connectivity index is 1.54. The molecule has 0 bridgehead atoms. The van der Waals surface area contributed by atoms with Gasteiger partial charge in [-0.05, 0) is 38.5 Å². The molecule has 2 aromatic heterocycles. The molecule has 3 heterocycles. The van der Waals surface area contributed by atoms with E-state index < -0.39 is 0 Å². The van der Waals surface area contributed by atoms with Crippen molar-refractivity contribution in [3.05, 3.63) is 63.7 Å². The Morgan fingerprint density at radius 2 is 1.94 bits per heavy atom. The average Bonchev–Trinajstić information content (AvgIpc) is 3.35. The lowest BCUT2D eigenvalue weighted by Crippen LogP contribution is -2.41. The highest BCUT2D eigenvalue weighted by Crippen LogP contribution is 2.22. The minimum absolute atomic E-state index is 0.164. The number of benzene rings is 1. The number of amides is 2. The van der Waals surface area contributed by atoms with Gasteiger partial charge in [-0.25, -0.2) is 0 Å². The molecule has 0 unspecified atom stereocenters. The number of morpholine rings is 1. The van der Waals surface area contributed by atoms with Gasteiger partial charge in [0, 0.05) is 25.2 Å². The van der Waals surface area contributed by atoms with Gasteiger partial charge in [-0.3, -0.25) is 19.0 Å².